The van der Waals surface area contributed by atoms with E-state index in [-0.39, 0.29) is 16.9 Å². The number of hydrogen-bond acceptors (Lipinski definition) is 2. The summed E-state index contributed by atoms with van der Waals surface area (Å²) in [4.78, 5) is 13.1. The molecule has 0 saturated carbocycles. The molecule has 3 heteroatoms. The first-order valence-electron chi connectivity index (χ1n) is 7.72. The van der Waals surface area contributed by atoms with Gasteiger partial charge in [0.1, 0.15) is 5.75 Å². The van der Waals surface area contributed by atoms with Crippen LogP contribution >= 0.6 is 11.6 Å². The number of aryl methyl sites for hydroxylation is 1. The molecule has 1 N–H and O–H groups in total. The van der Waals surface area contributed by atoms with Crippen LogP contribution in [0.25, 0.3) is 5.57 Å². The van der Waals surface area contributed by atoms with Crippen molar-refractivity contribution in [1.29, 1.82) is 0 Å². The second kappa shape index (κ2) is 4.48. The Balaban J connectivity index is 2.00. The number of allylic oxidation sites excluding steroid dienone is 2. The third-order valence-corrected chi connectivity index (χ3v) is 5.63. The van der Waals surface area contributed by atoms with Crippen molar-refractivity contribution in [1.82, 2.24) is 0 Å². The molecule has 2 aromatic rings. The van der Waals surface area contributed by atoms with E-state index in [9.17, 15) is 9.90 Å². The summed E-state index contributed by atoms with van der Waals surface area (Å²) in [7, 11) is 0. The van der Waals surface area contributed by atoms with E-state index in [1.807, 2.05) is 19.1 Å². The van der Waals surface area contributed by atoms with Crippen molar-refractivity contribution in [3.63, 3.8) is 0 Å². The van der Waals surface area contributed by atoms with Gasteiger partial charge >= 0.3 is 0 Å². The van der Waals surface area contributed by atoms with Gasteiger partial charge in [0, 0.05) is 21.6 Å². The lowest BCUT2D eigenvalue weighted by Gasteiger charge is -2.34. The van der Waals surface area contributed by atoms with Gasteiger partial charge in [0.05, 0.1) is 0 Å². The molecule has 0 unspecified atom stereocenters. The van der Waals surface area contributed by atoms with Crippen molar-refractivity contribution in [2.24, 2.45) is 0 Å². The molecule has 23 heavy (non-hydrogen) atoms. The number of rotatable bonds is 0. The predicted octanol–water partition coefficient (Wildman–Crippen LogP) is 4.84. The number of ketones is 1. The topological polar surface area (TPSA) is 37.3 Å². The molecule has 116 valence electrons. The number of halogens is 1. The zero-order valence-corrected chi connectivity index (χ0v) is 14.1. The Labute approximate surface area is 140 Å². The molecule has 0 fully saturated rings. The van der Waals surface area contributed by atoms with Crippen molar-refractivity contribution in [3.8, 4) is 5.75 Å². The standard InChI is InChI=1S/C20H17ClO2/c1-10-6-14-11(8-17(10)21)7-16-18(14)19(23)13-5-4-12(22)9-15(13)20(16,2)3/h4-6,8-9,22H,7H2,1-3H3. The quantitative estimate of drug-likeness (QED) is 0.753. The maximum absolute atomic E-state index is 13.1. The van der Waals surface area contributed by atoms with Crippen molar-refractivity contribution in [2.75, 3.05) is 0 Å². The van der Waals surface area contributed by atoms with Gasteiger partial charge in [-0.3, -0.25) is 4.79 Å². The lowest BCUT2D eigenvalue weighted by atomic mass is 9.68. The van der Waals surface area contributed by atoms with Crippen LogP contribution in [0.4, 0.5) is 0 Å². The first-order chi connectivity index (χ1) is 10.8. The molecule has 2 aliphatic carbocycles. The fourth-order valence-electron chi connectivity index (χ4n) is 3.88. The molecule has 2 aliphatic rings. The van der Waals surface area contributed by atoms with Crippen molar-refractivity contribution in [2.45, 2.75) is 32.6 Å². The highest BCUT2D eigenvalue weighted by Gasteiger charge is 2.42. The van der Waals surface area contributed by atoms with E-state index < -0.39 is 0 Å². The molecule has 4 rings (SSSR count). The van der Waals surface area contributed by atoms with Gasteiger partial charge in [-0.05, 0) is 71.5 Å². The fraction of sp³-hybridized carbons (Fsp3) is 0.250. The Morgan fingerprint density at radius 2 is 1.87 bits per heavy atom. The second-order valence-electron chi connectivity index (χ2n) is 6.97. The minimum absolute atomic E-state index is 0.0507. The lowest BCUT2D eigenvalue weighted by molar-refractivity contribution is 0.105. The van der Waals surface area contributed by atoms with Crippen LogP contribution in [0.5, 0.6) is 5.75 Å². The highest BCUT2D eigenvalue weighted by molar-refractivity contribution is 6.34. The number of phenols is 1. The van der Waals surface area contributed by atoms with E-state index in [1.54, 1.807) is 18.2 Å². The number of fused-ring (bicyclic) bond motifs is 3. The number of hydrogen-bond donors (Lipinski definition) is 1. The Morgan fingerprint density at radius 3 is 2.61 bits per heavy atom. The van der Waals surface area contributed by atoms with Crippen LogP contribution in [-0.2, 0) is 11.8 Å². The van der Waals surface area contributed by atoms with E-state index in [0.717, 1.165) is 44.8 Å². The van der Waals surface area contributed by atoms with Crippen molar-refractivity contribution in [3.05, 3.63) is 68.7 Å². The van der Waals surface area contributed by atoms with Gasteiger partial charge in [-0.1, -0.05) is 25.4 Å². The summed E-state index contributed by atoms with van der Waals surface area (Å²) >= 11 is 6.27. The number of carbonyl (C=O) groups is 1. The average molecular weight is 325 g/mol. The van der Waals surface area contributed by atoms with E-state index in [0.29, 0.717) is 5.56 Å². The molecule has 0 heterocycles. The van der Waals surface area contributed by atoms with Crippen LogP contribution in [0.15, 0.2) is 35.9 Å². The first-order valence-corrected chi connectivity index (χ1v) is 8.09. The molecular formula is C20H17ClO2. The van der Waals surface area contributed by atoms with E-state index in [1.165, 1.54) is 0 Å². The summed E-state index contributed by atoms with van der Waals surface area (Å²) in [5.41, 5.74) is 6.35. The molecule has 2 nitrogen and oxygen atoms in total. The summed E-state index contributed by atoms with van der Waals surface area (Å²) in [6.45, 7) is 6.20. The molecule has 0 atom stereocenters. The molecule has 0 radical (unpaired) electrons. The minimum atomic E-state index is -0.295. The summed E-state index contributed by atoms with van der Waals surface area (Å²) < 4.78 is 0. The zero-order chi connectivity index (χ0) is 16.5. The number of carbonyl (C=O) groups excluding carboxylic acids is 1. The number of phenolic OH excluding ortho intramolecular Hbond substituents is 1. The van der Waals surface area contributed by atoms with E-state index in [2.05, 4.69) is 13.8 Å². The van der Waals surface area contributed by atoms with Crippen LogP contribution in [0, 0.1) is 6.92 Å². The predicted molar refractivity (Wildman–Crippen MR) is 92.3 cm³/mol. The van der Waals surface area contributed by atoms with Gasteiger partial charge in [0.15, 0.2) is 5.78 Å². The fourth-order valence-corrected chi connectivity index (χ4v) is 4.07. The minimum Gasteiger partial charge on any atom is -0.508 e. The number of benzene rings is 2. The van der Waals surface area contributed by atoms with Crippen molar-refractivity contribution < 1.29 is 9.90 Å². The Hall–Kier alpha value is -2.06. The normalized spacial score (nSPS) is 17.8. The molecule has 0 amide bonds. The largest absolute Gasteiger partial charge is 0.508 e. The Morgan fingerprint density at radius 1 is 1.13 bits per heavy atom. The van der Waals surface area contributed by atoms with Crippen LogP contribution in [-0.4, -0.2) is 10.9 Å². The maximum atomic E-state index is 13.1. The van der Waals surface area contributed by atoms with Gasteiger partial charge in [0.25, 0.3) is 0 Å². The van der Waals surface area contributed by atoms with E-state index >= 15 is 0 Å². The monoisotopic (exact) mass is 324 g/mol. The number of aromatic hydroxyl groups is 1. The van der Waals surface area contributed by atoms with Gasteiger partial charge in [-0.25, -0.2) is 0 Å². The Kier molecular flexibility index (Phi) is 2.83. The lowest BCUT2D eigenvalue weighted by Crippen LogP contribution is -2.29. The molecule has 0 saturated heterocycles. The van der Waals surface area contributed by atoms with Crippen LogP contribution in [0.1, 0.15) is 46.5 Å². The van der Waals surface area contributed by atoms with Crippen LogP contribution in [0.2, 0.25) is 5.02 Å². The third-order valence-electron chi connectivity index (χ3n) is 5.23. The second-order valence-corrected chi connectivity index (χ2v) is 7.38. The van der Waals surface area contributed by atoms with E-state index in [4.69, 9.17) is 11.6 Å². The SMILES string of the molecule is Cc1cc2c(cc1Cl)CC1=C2C(=O)c2ccc(O)cc2C1(C)C. The molecule has 0 aromatic heterocycles. The molecular weight excluding hydrogens is 308 g/mol. The van der Waals surface area contributed by atoms with Gasteiger partial charge < -0.3 is 5.11 Å². The van der Waals surface area contributed by atoms with Gasteiger partial charge in [-0.15, -0.1) is 0 Å². The molecule has 0 spiro atoms. The Bertz CT molecular complexity index is 919. The molecule has 2 aromatic carbocycles. The first kappa shape index (κ1) is 14.5. The summed E-state index contributed by atoms with van der Waals surface area (Å²) in [6.07, 6.45) is 0.735. The van der Waals surface area contributed by atoms with Crippen LogP contribution < -0.4 is 0 Å². The summed E-state index contributed by atoms with van der Waals surface area (Å²) in [5.74, 6) is 0.248. The van der Waals surface area contributed by atoms with Gasteiger partial charge in [-0.2, -0.15) is 0 Å². The molecule has 0 aliphatic heterocycles. The molecule has 0 bridgehead atoms. The smallest absolute Gasteiger partial charge is 0.193 e. The number of Topliss-reactive ketones (excluding diaryl/α,β-unsaturated/α-hetero) is 1. The third kappa shape index (κ3) is 1.85. The average Bonchev–Trinajstić information content (AvgIpc) is 2.85. The highest BCUT2D eigenvalue weighted by atomic mass is 35.5. The van der Waals surface area contributed by atoms with Gasteiger partial charge in [0.2, 0.25) is 0 Å². The maximum Gasteiger partial charge on any atom is 0.193 e. The highest BCUT2D eigenvalue weighted by Crippen LogP contribution is 2.50. The van der Waals surface area contributed by atoms with Crippen LogP contribution in [0.3, 0.4) is 0 Å². The summed E-state index contributed by atoms with van der Waals surface area (Å²) in [6, 6.07) is 9.05. The zero-order valence-electron chi connectivity index (χ0n) is 13.3. The summed E-state index contributed by atoms with van der Waals surface area (Å²) in [5, 5.41) is 10.6. The van der Waals surface area contributed by atoms with Crippen molar-refractivity contribution >= 4 is 23.0 Å².